The molecular formula is C9H8ClN. The summed E-state index contributed by atoms with van der Waals surface area (Å²) in [4.78, 5) is 0. The monoisotopic (exact) mass is 165 g/mol. The highest BCUT2D eigenvalue weighted by atomic mass is 35.5. The van der Waals surface area contributed by atoms with Crippen molar-refractivity contribution in [3.63, 3.8) is 0 Å². The Morgan fingerprint density at radius 2 is 2.09 bits per heavy atom. The topological polar surface area (TPSA) is 4.93 Å². The minimum Gasteiger partial charge on any atom is -0.260 e. The van der Waals surface area contributed by atoms with E-state index < -0.39 is 0 Å². The Morgan fingerprint density at radius 3 is 2.82 bits per heavy atom. The smallest absolute Gasteiger partial charge is 0.0649 e. The minimum atomic E-state index is 1.08. The van der Waals surface area contributed by atoms with Gasteiger partial charge in [-0.1, -0.05) is 12.1 Å². The fraction of sp³-hybridized carbons (Fsp3) is 0.111. The van der Waals surface area contributed by atoms with Crippen molar-refractivity contribution >= 4 is 22.7 Å². The lowest BCUT2D eigenvalue weighted by Crippen LogP contribution is -1.76. The van der Waals surface area contributed by atoms with Crippen LogP contribution in [-0.2, 0) is 0 Å². The number of nitrogens with zero attached hydrogens (tertiary/aromatic N) is 1. The van der Waals surface area contributed by atoms with E-state index >= 15 is 0 Å². The van der Waals surface area contributed by atoms with Gasteiger partial charge in [-0.25, -0.2) is 0 Å². The van der Waals surface area contributed by atoms with E-state index in [0.717, 1.165) is 5.52 Å². The van der Waals surface area contributed by atoms with Crippen LogP contribution in [0.1, 0.15) is 5.56 Å². The molecule has 0 aliphatic rings. The van der Waals surface area contributed by atoms with Gasteiger partial charge in [0.15, 0.2) is 0 Å². The van der Waals surface area contributed by atoms with Gasteiger partial charge >= 0.3 is 0 Å². The van der Waals surface area contributed by atoms with Crippen molar-refractivity contribution in [2.24, 2.45) is 0 Å². The molecule has 1 nitrogen and oxygen atoms in total. The molecule has 2 heteroatoms. The molecule has 0 aliphatic carbocycles. The molecule has 0 saturated heterocycles. The first-order valence-corrected chi connectivity index (χ1v) is 3.85. The standard InChI is InChI=1S/C9H8ClN/c1-7-3-2-4-9-8(7)5-6-11(9)10/h2-6H,1H3. The summed E-state index contributed by atoms with van der Waals surface area (Å²) in [6.07, 6.45) is 1.86. The Hall–Kier alpha value is -0.950. The van der Waals surface area contributed by atoms with E-state index in [2.05, 4.69) is 13.0 Å². The van der Waals surface area contributed by atoms with Crippen molar-refractivity contribution in [3.05, 3.63) is 36.0 Å². The number of aryl methyl sites for hydroxylation is 1. The molecule has 2 aromatic rings. The molecule has 1 aromatic carbocycles. The summed E-state index contributed by atoms with van der Waals surface area (Å²) in [5, 5.41) is 1.22. The Morgan fingerprint density at radius 1 is 1.27 bits per heavy atom. The maximum atomic E-state index is 5.86. The van der Waals surface area contributed by atoms with Gasteiger partial charge in [0.1, 0.15) is 0 Å². The molecule has 56 valence electrons. The van der Waals surface area contributed by atoms with Crippen molar-refractivity contribution in [2.75, 3.05) is 0 Å². The van der Waals surface area contributed by atoms with Crippen LogP contribution < -0.4 is 0 Å². The molecule has 0 atom stereocenters. The first-order valence-electron chi connectivity index (χ1n) is 3.52. The van der Waals surface area contributed by atoms with Gasteiger partial charge in [0.05, 0.1) is 5.52 Å². The average molecular weight is 166 g/mol. The highest BCUT2D eigenvalue weighted by Gasteiger charge is 1.99. The largest absolute Gasteiger partial charge is 0.260 e. The normalized spacial score (nSPS) is 10.7. The molecule has 1 aromatic heterocycles. The Bertz CT molecular complexity index is 389. The molecule has 1 heterocycles. The lowest BCUT2D eigenvalue weighted by atomic mass is 10.1. The van der Waals surface area contributed by atoms with E-state index in [1.165, 1.54) is 10.9 Å². The Labute approximate surface area is 70.3 Å². The van der Waals surface area contributed by atoms with Crippen LogP contribution in [0.25, 0.3) is 10.9 Å². The zero-order valence-corrected chi connectivity index (χ0v) is 6.97. The molecule has 11 heavy (non-hydrogen) atoms. The second-order valence-corrected chi connectivity index (χ2v) is 3.00. The molecule has 0 amide bonds. The predicted octanol–water partition coefficient (Wildman–Crippen LogP) is 2.95. The number of rotatable bonds is 0. The quantitative estimate of drug-likeness (QED) is 0.566. The van der Waals surface area contributed by atoms with Crippen molar-refractivity contribution < 1.29 is 0 Å². The van der Waals surface area contributed by atoms with Crippen LogP contribution in [0.4, 0.5) is 0 Å². The van der Waals surface area contributed by atoms with Gasteiger partial charge in [-0.3, -0.25) is 4.09 Å². The zero-order chi connectivity index (χ0) is 7.84. The van der Waals surface area contributed by atoms with E-state index in [4.69, 9.17) is 11.8 Å². The maximum absolute atomic E-state index is 5.86. The summed E-state index contributed by atoms with van der Waals surface area (Å²) in [7, 11) is 0. The molecule has 0 radical (unpaired) electrons. The van der Waals surface area contributed by atoms with Crippen LogP contribution in [-0.4, -0.2) is 4.09 Å². The molecule has 0 aliphatic heterocycles. The number of hydrogen-bond donors (Lipinski definition) is 0. The number of hydrogen-bond acceptors (Lipinski definition) is 0. The second-order valence-electron chi connectivity index (χ2n) is 2.63. The van der Waals surface area contributed by atoms with E-state index in [1.54, 1.807) is 4.09 Å². The number of fused-ring (bicyclic) bond motifs is 1. The third-order valence-corrected chi connectivity index (χ3v) is 2.20. The summed E-state index contributed by atoms with van der Waals surface area (Å²) in [5.41, 5.74) is 2.34. The zero-order valence-electron chi connectivity index (χ0n) is 6.21. The van der Waals surface area contributed by atoms with Gasteiger partial charge in [-0.05, 0) is 24.6 Å². The van der Waals surface area contributed by atoms with Gasteiger partial charge in [0.2, 0.25) is 0 Å². The predicted molar refractivity (Wildman–Crippen MR) is 47.9 cm³/mol. The fourth-order valence-electron chi connectivity index (χ4n) is 1.29. The van der Waals surface area contributed by atoms with Crippen LogP contribution in [0.5, 0.6) is 0 Å². The van der Waals surface area contributed by atoms with E-state index in [1.807, 2.05) is 24.4 Å². The highest BCUT2D eigenvalue weighted by molar-refractivity contribution is 6.19. The van der Waals surface area contributed by atoms with Crippen LogP contribution in [0.15, 0.2) is 30.5 Å². The molecule has 0 N–H and O–H groups in total. The van der Waals surface area contributed by atoms with Crippen LogP contribution in [0.3, 0.4) is 0 Å². The van der Waals surface area contributed by atoms with E-state index in [9.17, 15) is 0 Å². The summed E-state index contributed by atoms with van der Waals surface area (Å²) in [5.74, 6) is 0. The van der Waals surface area contributed by atoms with Crippen molar-refractivity contribution in [3.8, 4) is 0 Å². The molecular weight excluding hydrogens is 158 g/mol. The first-order chi connectivity index (χ1) is 5.29. The third-order valence-electron chi connectivity index (χ3n) is 1.90. The summed E-state index contributed by atoms with van der Waals surface area (Å²) in [6.45, 7) is 2.08. The maximum Gasteiger partial charge on any atom is 0.0649 e. The Kier molecular flexibility index (Phi) is 1.40. The fourth-order valence-corrected chi connectivity index (χ4v) is 1.49. The summed E-state index contributed by atoms with van der Waals surface area (Å²) in [6, 6.07) is 8.13. The highest BCUT2D eigenvalue weighted by Crippen LogP contribution is 2.19. The number of halogens is 1. The SMILES string of the molecule is Cc1cccc2c1ccn2Cl. The van der Waals surface area contributed by atoms with Gasteiger partial charge in [0.25, 0.3) is 0 Å². The lowest BCUT2D eigenvalue weighted by molar-refractivity contribution is 1.32. The van der Waals surface area contributed by atoms with Crippen LogP contribution in [0, 0.1) is 6.92 Å². The van der Waals surface area contributed by atoms with Gasteiger partial charge in [0, 0.05) is 23.4 Å². The molecule has 0 fully saturated rings. The summed E-state index contributed by atoms with van der Waals surface area (Å²) >= 11 is 5.86. The van der Waals surface area contributed by atoms with Crippen molar-refractivity contribution in [1.29, 1.82) is 0 Å². The molecule has 0 spiro atoms. The average Bonchev–Trinajstić information content (AvgIpc) is 2.35. The van der Waals surface area contributed by atoms with Gasteiger partial charge < -0.3 is 0 Å². The minimum absolute atomic E-state index is 1.08. The summed E-state index contributed by atoms with van der Waals surface area (Å²) < 4.78 is 1.61. The van der Waals surface area contributed by atoms with E-state index in [0.29, 0.717) is 0 Å². The lowest BCUT2D eigenvalue weighted by Gasteiger charge is -1.95. The Balaban J connectivity index is 2.94. The van der Waals surface area contributed by atoms with Crippen molar-refractivity contribution in [2.45, 2.75) is 6.92 Å². The number of benzene rings is 1. The molecule has 0 unspecified atom stereocenters. The van der Waals surface area contributed by atoms with Gasteiger partial charge in [-0.2, -0.15) is 0 Å². The first kappa shape index (κ1) is 6.74. The molecule has 0 bridgehead atoms. The third kappa shape index (κ3) is 0.925. The van der Waals surface area contributed by atoms with E-state index in [-0.39, 0.29) is 0 Å². The van der Waals surface area contributed by atoms with Crippen LogP contribution >= 0.6 is 11.8 Å². The molecule has 0 saturated carbocycles. The van der Waals surface area contributed by atoms with Crippen LogP contribution in [0.2, 0.25) is 0 Å². The second kappa shape index (κ2) is 2.28. The number of aromatic nitrogens is 1. The van der Waals surface area contributed by atoms with Gasteiger partial charge in [-0.15, -0.1) is 0 Å². The molecule has 2 rings (SSSR count). The van der Waals surface area contributed by atoms with Crippen molar-refractivity contribution in [1.82, 2.24) is 4.09 Å².